The lowest BCUT2D eigenvalue weighted by Gasteiger charge is -2.29. The number of rotatable bonds is 5. The van der Waals surface area contributed by atoms with Crippen LogP contribution in [-0.2, 0) is 27.8 Å². The predicted octanol–water partition coefficient (Wildman–Crippen LogP) is 2.21. The highest BCUT2D eigenvalue weighted by molar-refractivity contribution is 7.89. The zero-order valence-corrected chi connectivity index (χ0v) is 15.8. The van der Waals surface area contributed by atoms with E-state index in [2.05, 4.69) is 4.72 Å². The lowest BCUT2D eigenvalue weighted by atomic mass is 10.00. The van der Waals surface area contributed by atoms with Gasteiger partial charge in [0, 0.05) is 18.1 Å². The summed E-state index contributed by atoms with van der Waals surface area (Å²) in [5, 5.41) is 0.269. The minimum Gasteiger partial charge on any atom is -0.495 e. The Morgan fingerprint density at radius 1 is 1.23 bits per heavy atom. The van der Waals surface area contributed by atoms with Crippen LogP contribution in [0.2, 0.25) is 5.02 Å². The fourth-order valence-corrected chi connectivity index (χ4v) is 4.32. The van der Waals surface area contributed by atoms with Crippen LogP contribution in [0.15, 0.2) is 47.4 Å². The van der Waals surface area contributed by atoms with E-state index in [4.69, 9.17) is 16.3 Å². The van der Waals surface area contributed by atoms with E-state index in [0.29, 0.717) is 13.1 Å². The third-order valence-electron chi connectivity index (χ3n) is 4.31. The van der Waals surface area contributed by atoms with Crippen LogP contribution >= 0.6 is 11.6 Å². The number of methoxy groups -OCH3 is 1. The first kappa shape index (κ1) is 18.7. The highest BCUT2D eigenvalue weighted by Crippen LogP contribution is 2.26. The molecule has 2 aromatic carbocycles. The first-order valence-corrected chi connectivity index (χ1v) is 9.94. The summed E-state index contributed by atoms with van der Waals surface area (Å²) in [5.74, 6) is -0.106. The summed E-state index contributed by atoms with van der Waals surface area (Å²) in [5.41, 5.74) is 2.31. The van der Waals surface area contributed by atoms with Crippen molar-refractivity contribution in [1.29, 1.82) is 0 Å². The van der Waals surface area contributed by atoms with E-state index < -0.39 is 10.0 Å². The van der Waals surface area contributed by atoms with Crippen LogP contribution in [0.3, 0.4) is 0 Å². The van der Waals surface area contributed by atoms with Gasteiger partial charge in [0.25, 0.3) is 0 Å². The van der Waals surface area contributed by atoms with Crippen LogP contribution in [0.4, 0.5) is 0 Å². The van der Waals surface area contributed by atoms with Crippen molar-refractivity contribution in [3.8, 4) is 5.75 Å². The molecule has 0 atom stereocenters. The second-order valence-electron chi connectivity index (χ2n) is 5.95. The minimum absolute atomic E-state index is 0.0933. The van der Waals surface area contributed by atoms with Gasteiger partial charge in [-0.3, -0.25) is 4.79 Å². The number of hydrogen-bond donors (Lipinski definition) is 1. The Kier molecular flexibility index (Phi) is 5.50. The summed E-state index contributed by atoms with van der Waals surface area (Å²) >= 11 is 5.89. The van der Waals surface area contributed by atoms with Crippen LogP contribution in [0.25, 0.3) is 0 Å². The van der Waals surface area contributed by atoms with E-state index in [1.807, 2.05) is 24.3 Å². The summed E-state index contributed by atoms with van der Waals surface area (Å²) in [6.07, 6.45) is 0.761. The number of amides is 1. The van der Waals surface area contributed by atoms with Crippen molar-refractivity contribution in [1.82, 2.24) is 9.62 Å². The Morgan fingerprint density at radius 3 is 2.69 bits per heavy atom. The maximum absolute atomic E-state index is 12.5. The summed E-state index contributed by atoms with van der Waals surface area (Å²) in [6.45, 7) is 0.732. The molecule has 8 heteroatoms. The maximum Gasteiger partial charge on any atom is 0.244 e. The Hall–Kier alpha value is -2.09. The average Bonchev–Trinajstić information content (AvgIpc) is 2.65. The third-order valence-corrected chi connectivity index (χ3v) is 5.97. The van der Waals surface area contributed by atoms with Crippen molar-refractivity contribution in [3.63, 3.8) is 0 Å². The summed E-state index contributed by atoms with van der Waals surface area (Å²) in [7, 11) is -2.55. The fourth-order valence-electron chi connectivity index (χ4n) is 2.92. The quantitative estimate of drug-likeness (QED) is 0.843. The minimum atomic E-state index is -3.93. The van der Waals surface area contributed by atoms with Gasteiger partial charge in [0.1, 0.15) is 10.6 Å². The molecule has 1 aliphatic heterocycles. The van der Waals surface area contributed by atoms with Crippen LogP contribution in [0.1, 0.15) is 11.1 Å². The molecule has 26 heavy (non-hydrogen) atoms. The van der Waals surface area contributed by atoms with E-state index in [9.17, 15) is 13.2 Å². The molecule has 0 radical (unpaired) electrons. The molecular formula is C18H19ClN2O4S. The van der Waals surface area contributed by atoms with Crippen LogP contribution in [-0.4, -0.2) is 39.4 Å². The summed E-state index contributed by atoms with van der Waals surface area (Å²) in [4.78, 5) is 14.0. The molecule has 0 aliphatic carbocycles. The van der Waals surface area contributed by atoms with Crippen molar-refractivity contribution in [2.45, 2.75) is 17.9 Å². The van der Waals surface area contributed by atoms with Crippen molar-refractivity contribution in [2.24, 2.45) is 0 Å². The molecular weight excluding hydrogens is 376 g/mol. The molecule has 2 aromatic rings. The summed E-state index contributed by atoms with van der Waals surface area (Å²) in [6, 6.07) is 12.2. The molecule has 0 unspecified atom stereocenters. The first-order valence-electron chi connectivity index (χ1n) is 8.08. The second-order valence-corrected chi connectivity index (χ2v) is 8.13. The molecule has 6 nitrogen and oxygen atoms in total. The van der Waals surface area contributed by atoms with Gasteiger partial charge in [0.05, 0.1) is 13.7 Å². The SMILES string of the molecule is COc1ccc(Cl)cc1S(=O)(=O)NCC(=O)N1CCc2ccccc2C1. The molecule has 1 aliphatic rings. The number of carbonyl (C=O) groups excluding carboxylic acids is 1. The van der Waals surface area contributed by atoms with Gasteiger partial charge in [0.15, 0.2) is 0 Å². The Morgan fingerprint density at radius 2 is 1.96 bits per heavy atom. The van der Waals surface area contributed by atoms with Crippen molar-refractivity contribution in [3.05, 3.63) is 58.6 Å². The highest BCUT2D eigenvalue weighted by atomic mass is 35.5. The largest absolute Gasteiger partial charge is 0.495 e. The molecule has 1 N–H and O–H groups in total. The zero-order chi connectivity index (χ0) is 18.7. The lowest BCUT2D eigenvalue weighted by molar-refractivity contribution is -0.130. The van der Waals surface area contributed by atoms with Crippen LogP contribution in [0.5, 0.6) is 5.75 Å². The number of halogens is 1. The van der Waals surface area contributed by atoms with Crippen LogP contribution < -0.4 is 9.46 Å². The molecule has 0 aromatic heterocycles. The van der Waals surface area contributed by atoms with Gasteiger partial charge in [-0.2, -0.15) is 0 Å². The van der Waals surface area contributed by atoms with Crippen LogP contribution in [0, 0.1) is 0 Å². The Balaban J connectivity index is 1.69. The average molecular weight is 395 g/mol. The smallest absolute Gasteiger partial charge is 0.244 e. The Labute approximate surface area is 157 Å². The number of carbonyl (C=O) groups is 1. The number of sulfonamides is 1. The summed E-state index contributed by atoms with van der Waals surface area (Å²) < 4.78 is 32.5. The molecule has 1 amide bonds. The number of nitrogens with one attached hydrogen (secondary N) is 1. The van der Waals surface area contributed by atoms with Gasteiger partial charge in [-0.15, -0.1) is 0 Å². The van der Waals surface area contributed by atoms with E-state index in [0.717, 1.165) is 12.0 Å². The number of hydrogen-bond acceptors (Lipinski definition) is 4. The van der Waals surface area contributed by atoms with Gasteiger partial charge >= 0.3 is 0 Å². The van der Waals surface area contributed by atoms with Gasteiger partial charge in [0.2, 0.25) is 15.9 Å². The molecule has 1 heterocycles. The Bertz CT molecular complexity index is 931. The van der Waals surface area contributed by atoms with E-state index in [1.165, 1.54) is 30.9 Å². The monoisotopic (exact) mass is 394 g/mol. The van der Waals surface area contributed by atoms with Gasteiger partial charge in [-0.25, -0.2) is 13.1 Å². The standard InChI is InChI=1S/C18H19ClN2O4S/c1-25-16-7-6-15(19)10-17(16)26(23,24)20-11-18(22)21-9-8-13-4-2-3-5-14(13)12-21/h2-7,10,20H,8-9,11-12H2,1H3. The number of nitrogens with zero attached hydrogens (tertiary/aromatic N) is 1. The van der Waals surface area contributed by atoms with Gasteiger partial charge in [-0.05, 0) is 35.7 Å². The maximum atomic E-state index is 12.5. The van der Waals surface area contributed by atoms with E-state index in [-0.39, 0.29) is 28.1 Å². The normalized spacial score (nSPS) is 14.0. The first-order chi connectivity index (χ1) is 12.4. The topological polar surface area (TPSA) is 75.7 Å². The second kappa shape index (κ2) is 7.65. The molecule has 0 bridgehead atoms. The van der Waals surface area contributed by atoms with E-state index >= 15 is 0 Å². The lowest BCUT2D eigenvalue weighted by Crippen LogP contribution is -2.42. The molecule has 0 spiro atoms. The van der Waals surface area contributed by atoms with Gasteiger partial charge in [-0.1, -0.05) is 35.9 Å². The molecule has 3 rings (SSSR count). The molecule has 0 saturated carbocycles. The van der Waals surface area contributed by atoms with Gasteiger partial charge < -0.3 is 9.64 Å². The highest BCUT2D eigenvalue weighted by Gasteiger charge is 2.24. The van der Waals surface area contributed by atoms with E-state index in [1.54, 1.807) is 4.90 Å². The fraction of sp³-hybridized carbons (Fsp3) is 0.278. The van der Waals surface area contributed by atoms with Crippen molar-refractivity contribution >= 4 is 27.5 Å². The molecule has 0 saturated heterocycles. The molecule has 138 valence electrons. The van der Waals surface area contributed by atoms with Crippen molar-refractivity contribution < 1.29 is 17.9 Å². The zero-order valence-electron chi connectivity index (χ0n) is 14.2. The molecule has 0 fully saturated rings. The number of ether oxygens (including phenoxy) is 1. The third kappa shape index (κ3) is 4.00. The van der Waals surface area contributed by atoms with Crippen molar-refractivity contribution in [2.75, 3.05) is 20.2 Å². The predicted molar refractivity (Wildman–Crippen MR) is 98.8 cm³/mol. The number of fused-ring (bicyclic) bond motifs is 1. The number of benzene rings is 2.